The number of aromatic nitrogens is 1. The molecule has 2 N–H and O–H groups in total. The van der Waals surface area contributed by atoms with Crippen LogP contribution in [0.3, 0.4) is 0 Å². The average molecular weight is 332 g/mol. The van der Waals surface area contributed by atoms with E-state index in [1.807, 2.05) is 0 Å². The number of carboxylic acid groups (broad SMARTS) is 1. The molecule has 1 fully saturated rings. The van der Waals surface area contributed by atoms with Gasteiger partial charge >= 0.3 is 5.97 Å². The molecule has 1 aliphatic rings. The van der Waals surface area contributed by atoms with Crippen molar-refractivity contribution in [2.24, 2.45) is 0 Å². The number of halogens is 1. The normalized spacial score (nSPS) is 16.6. The Bertz CT molecular complexity index is 720. The first-order valence-electron chi connectivity index (χ1n) is 7.61. The van der Waals surface area contributed by atoms with Crippen molar-refractivity contribution in [1.82, 2.24) is 9.88 Å². The topological polar surface area (TPSA) is 82.6 Å². The second kappa shape index (κ2) is 6.35. The molecule has 1 saturated heterocycles. The summed E-state index contributed by atoms with van der Waals surface area (Å²) < 4.78 is 18.6. The van der Waals surface area contributed by atoms with Crippen molar-refractivity contribution >= 4 is 11.9 Å². The van der Waals surface area contributed by atoms with E-state index in [4.69, 9.17) is 4.74 Å². The Hall–Kier alpha value is -2.83. The zero-order valence-corrected chi connectivity index (χ0v) is 12.9. The van der Waals surface area contributed by atoms with E-state index in [0.717, 1.165) is 0 Å². The van der Waals surface area contributed by atoms with Gasteiger partial charge in [-0.3, -0.25) is 4.79 Å². The highest BCUT2D eigenvalue weighted by molar-refractivity contribution is 5.92. The number of hydrogen-bond donors (Lipinski definition) is 2. The molecule has 2 aromatic rings. The van der Waals surface area contributed by atoms with Crippen molar-refractivity contribution < 1.29 is 23.8 Å². The number of nitrogens with one attached hydrogen (secondary N) is 1. The van der Waals surface area contributed by atoms with E-state index in [1.54, 1.807) is 23.2 Å². The first kappa shape index (κ1) is 16.0. The molecule has 0 saturated carbocycles. The van der Waals surface area contributed by atoms with Crippen LogP contribution in [0.2, 0.25) is 0 Å². The number of carbonyl (C=O) groups is 2. The Morgan fingerprint density at radius 3 is 2.38 bits per heavy atom. The summed E-state index contributed by atoms with van der Waals surface area (Å²) in [5, 5.41) is 9.60. The Labute approximate surface area is 137 Å². The summed E-state index contributed by atoms with van der Waals surface area (Å²) in [6.45, 7) is 0.538. The van der Waals surface area contributed by atoms with Crippen molar-refractivity contribution in [2.45, 2.75) is 18.4 Å². The molecule has 6 nitrogen and oxygen atoms in total. The third kappa shape index (κ3) is 3.10. The minimum Gasteiger partial charge on any atom is -0.478 e. The number of nitrogens with zero attached hydrogens (tertiary/aromatic N) is 1. The third-order valence-electron chi connectivity index (χ3n) is 4.20. The molecule has 0 radical (unpaired) electrons. The summed E-state index contributed by atoms with van der Waals surface area (Å²) in [7, 11) is 0. The third-order valence-corrected chi connectivity index (χ3v) is 4.20. The van der Waals surface area contributed by atoms with Crippen LogP contribution in [0.15, 0.2) is 42.6 Å². The summed E-state index contributed by atoms with van der Waals surface area (Å²) in [6.07, 6.45) is 1.98. The minimum atomic E-state index is -1.41. The van der Waals surface area contributed by atoms with Crippen molar-refractivity contribution in [2.75, 3.05) is 13.1 Å². The van der Waals surface area contributed by atoms with Crippen LogP contribution in [0.5, 0.6) is 5.75 Å². The molecule has 2 heterocycles. The SMILES string of the molecule is O=C(c1ccc[nH]1)N1CCC(Oc2ccc(F)cc2)(C(=O)O)CC1. The molecule has 24 heavy (non-hydrogen) atoms. The van der Waals surface area contributed by atoms with E-state index in [2.05, 4.69) is 4.98 Å². The number of amides is 1. The first-order valence-corrected chi connectivity index (χ1v) is 7.61. The lowest BCUT2D eigenvalue weighted by Crippen LogP contribution is -2.54. The Kier molecular flexibility index (Phi) is 4.24. The van der Waals surface area contributed by atoms with Gasteiger partial charge in [0.1, 0.15) is 17.3 Å². The molecule has 0 bridgehead atoms. The number of ether oxygens (including phenoxy) is 1. The molecule has 1 aromatic heterocycles. The molecule has 1 aromatic carbocycles. The molecular weight excluding hydrogens is 315 g/mol. The summed E-state index contributed by atoms with van der Waals surface area (Å²) in [6, 6.07) is 8.64. The molecular formula is C17H17FN2O4. The van der Waals surface area contributed by atoms with Gasteiger partial charge in [-0.1, -0.05) is 0 Å². The van der Waals surface area contributed by atoms with Gasteiger partial charge in [-0.2, -0.15) is 0 Å². The van der Waals surface area contributed by atoms with E-state index in [9.17, 15) is 19.1 Å². The number of hydrogen-bond acceptors (Lipinski definition) is 3. The van der Waals surface area contributed by atoms with Gasteiger partial charge in [0.15, 0.2) is 0 Å². The van der Waals surface area contributed by atoms with E-state index in [0.29, 0.717) is 11.4 Å². The van der Waals surface area contributed by atoms with Crippen LogP contribution >= 0.6 is 0 Å². The number of likely N-dealkylation sites (tertiary alicyclic amines) is 1. The number of carbonyl (C=O) groups excluding carboxylic acids is 1. The fourth-order valence-electron chi connectivity index (χ4n) is 2.79. The smallest absolute Gasteiger partial charge is 0.348 e. The maximum absolute atomic E-state index is 13.0. The second-order valence-corrected chi connectivity index (χ2v) is 5.73. The number of H-pyrrole nitrogens is 1. The van der Waals surface area contributed by atoms with Gasteiger partial charge in [-0.25, -0.2) is 9.18 Å². The van der Waals surface area contributed by atoms with Gasteiger partial charge in [0, 0.05) is 32.1 Å². The second-order valence-electron chi connectivity index (χ2n) is 5.73. The van der Waals surface area contributed by atoms with E-state index >= 15 is 0 Å². The molecule has 7 heteroatoms. The van der Waals surface area contributed by atoms with E-state index < -0.39 is 17.4 Å². The summed E-state index contributed by atoms with van der Waals surface area (Å²) in [4.78, 5) is 28.5. The predicted octanol–water partition coefficient (Wildman–Crippen LogP) is 2.29. The highest BCUT2D eigenvalue weighted by atomic mass is 19.1. The number of rotatable bonds is 4. The van der Waals surface area contributed by atoms with E-state index in [-0.39, 0.29) is 31.8 Å². The first-order chi connectivity index (χ1) is 11.5. The van der Waals surface area contributed by atoms with Crippen LogP contribution in [0.25, 0.3) is 0 Å². The largest absolute Gasteiger partial charge is 0.478 e. The van der Waals surface area contributed by atoms with Gasteiger partial charge < -0.3 is 19.7 Å². The maximum Gasteiger partial charge on any atom is 0.348 e. The zero-order valence-electron chi connectivity index (χ0n) is 12.9. The van der Waals surface area contributed by atoms with Gasteiger partial charge in [0.25, 0.3) is 5.91 Å². The fraction of sp³-hybridized carbons (Fsp3) is 0.294. The lowest BCUT2D eigenvalue weighted by Gasteiger charge is -2.38. The van der Waals surface area contributed by atoms with Crippen LogP contribution in [-0.4, -0.2) is 45.6 Å². The monoisotopic (exact) mass is 332 g/mol. The van der Waals surface area contributed by atoms with Crippen molar-refractivity contribution in [1.29, 1.82) is 0 Å². The van der Waals surface area contributed by atoms with Gasteiger partial charge in [0.2, 0.25) is 5.60 Å². The highest BCUT2D eigenvalue weighted by Gasteiger charge is 2.45. The Morgan fingerprint density at radius 1 is 1.17 bits per heavy atom. The Balaban J connectivity index is 1.71. The highest BCUT2D eigenvalue weighted by Crippen LogP contribution is 2.30. The zero-order chi connectivity index (χ0) is 17.2. The minimum absolute atomic E-state index is 0.159. The van der Waals surface area contributed by atoms with Gasteiger partial charge in [-0.05, 0) is 36.4 Å². The van der Waals surface area contributed by atoms with Gasteiger partial charge in [-0.15, -0.1) is 0 Å². The van der Waals surface area contributed by atoms with Crippen LogP contribution < -0.4 is 4.74 Å². The summed E-state index contributed by atoms with van der Waals surface area (Å²) in [5.74, 6) is -1.37. The van der Waals surface area contributed by atoms with Crippen molar-refractivity contribution in [3.8, 4) is 5.75 Å². The lowest BCUT2D eigenvalue weighted by atomic mass is 9.91. The van der Waals surface area contributed by atoms with Gasteiger partial charge in [0.05, 0.1) is 0 Å². The molecule has 1 amide bonds. The molecule has 0 atom stereocenters. The maximum atomic E-state index is 13.0. The van der Waals surface area contributed by atoms with Crippen LogP contribution in [-0.2, 0) is 4.79 Å². The molecule has 126 valence electrons. The number of benzene rings is 1. The predicted molar refractivity (Wildman–Crippen MR) is 83.3 cm³/mol. The van der Waals surface area contributed by atoms with E-state index in [1.165, 1.54) is 24.3 Å². The average Bonchev–Trinajstić information content (AvgIpc) is 3.11. The number of aromatic amines is 1. The quantitative estimate of drug-likeness (QED) is 0.900. The molecule has 0 unspecified atom stereocenters. The van der Waals surface area contributed by atoms with Crippen LogP contribution in [0, 0.1) is 5.82 Å². The summed E-state index contributed by atoms with van der Waals surface area (Å²) in [5.41, 5.74) is -0.943. The fourth-order valence-corrected chi connectivity index (χ4v) is 2.79. The number of carboxylic acids is 1. The summed E-state index contributed by atoms with van der Waals surface area (Å²) >= 11 is 0. The van der Waals surface area contributed by atoms with Crippen LogP contribution in [0.4, 0.5) is 4.39 Å². The van der Waals surface area contributed by atoms with Crippen molar-refractivity contribution in [3.05, 3.63) is 54.1 Å². The standard InChI is InChI=1S/C17H17FN2O4/c18-12-3-5-13(6-4-12)24-17(16(22)23)7-10-20(11-8-17)15(21)14-2-1-9-19-14/h1-6,9,19H,7-8,10-11H2,(H,22,23). The number of aliphatic carboxylic acids is 1. The molecule has 1 aliphatic heterocycles. The lowest BCUT2D eigenvalue weighted by molar-refractivity contribution is -0.159. The molecule has 0 spiro atoms. The number of piperidine rings is 1. The molecule has 0 aliphatic carbocycles. The van der Waals surface area contributed by atoms with Crippen LogP contribution in [0.1, 0.15) is 23.3 Å². The molecule has 3 rings (SSSR count). The van der Waals surface area contributed by atoms with Crippen molar-refractivity contribution in [3.63, 3.8) is 0 Å². The Morgan fingerprint density at radius 2 is 1.83 bits per heavy atom.